The van der Waals surface area contributed by atoms with E-state index >= 15 is 0 Å². The highest BCUT2D eigenvalue weighted by atomic mass is 32.2. The summed E-state index contributed by atoms with van der Waals surface area (Å²) in [6.07, 6.45) is 0. The minimum absolute atomic E-state index is 0.0174. The molecule has 2 rings (SSSR count). The highest BCUT2D eigenvalue weighted by Crippen LogP contribution is 2.29. The number of hydrogen-bond donors (Lipinski definition) is 2. The number of aliphatic hydroxyl groups is 2. The fraction of sp³-hybridized carbons (Fsp3) is 0.250. The Hall–Kier alpha value is -1.89. The van der Waals surface area contributed by atoms with Crippen LogP contribution in [0.3, 0.4) is 0 Å². The molecule has 118 valence electrons. The van der Waals surface area contributed by atoms with Gasteiger partial charge in [-0.3, -0.25) is 0 Å². The zero-order chi connectivity index (χ0) is 16.3. The molecule has 0 bridgehead atoms. The van der Waals surface area contributed by atoms with Gasteiger partial charge in [-0.25, -0.2) is 0 Å². The molecule has 0 amide bonds. The summed E-state index contributed by atoms with van der Waals surface area (Å²) in [5, 5.41) is 18.8. The zero-order valence-electron chi connectivity index (χ0n) is 12.4. The Morgan fingerprint density at radius 1 is 0.909 bits per heavy atom. The first kappa shape index (κ1) is 16.5. The second kappa shape index (κ2) is 6.48. The van der Waals surface area contributed by atoms with Crippen LogP contribution in [0.5, 0.6) is 5.75 Å². The zero-order valence-corrected chi connectivity index (χ0v) is 13.2. The first-order valence-electron chi connectivity index (χ1n) is 6.72. The summed E-state index contributed by atoms with van der Waals surface area (Å²) in [5.41, 5.74) is 2.37. The van der Waals surface area contributed by atoms with Crippen molar-refractivity contribution in [2.24, 2.45) is 0 Å². The van der Waals surface area contributed by atoms with E-state index in [0.717, 1.165) is 11.1 Å². The van der Waals surface area contributed by atoms with Gasteiger partial charge in [0.05, 0.1) is 13.2 Å². The van der Waals surface area contributed by atoms with E-state index < -0.39 is 10.1 Å². The average Bonchev–Trinajstić information content (AvgIpc) is 2.48. The molecule has 0 aliphatic heterocycles. The molecule has 0 spiro atoms. The molecular formula is C16H18O5S. The van der Waals surface area contributed by atoms with E-state index in [1.165, 1.54) is 12.1 Å². The van der Waals surface area contributed by atoms with Crippen LogP contribution in [0.2, 0.25) is 0 Å². The summed E-state index contributed by atoms with van der Waals surface area (Å²) in [5.74, 6) is -0.0174. The monoisotopic (exact) mass is 322 g/mol. The van der Waals surface area contributed by atoms with Gasteiger partial charge in [-0.15, -0.1) is 0 Å². The summed E-state index contributed by atoms with van der Waals surface area (Å²) in [4.78, 5) is 0.0199. The van der Waals surface area contributed by atoms with Crippen LogP contribution >= 0.6 is 0 Å². The van der Waals surface area contributed by atoms with E-state index in [0.29, 0.717) is 11.1 Å². The van der Waals surface area contributed by atoms with Crippen molar-refractivity contribution in [1.29, 1.82) is 0 Å². The van der Waals surface area contributed by atoms with Crippen LogP contribution in [0.4, 0.5) is 0 Å². The van der Waals surface area contributed by atoms with E-state index in [-0.39, 0.29) is 23.9 Å². The third kappa shape index (κ3) is 3.47. The third-order valence-corrected chi connectivity index (χ3v) is 4.47. The van der Waals surface area contributed by atoms with E-state index in [1.54, 1.807) is 31.2 Å². The van der Waals surface area contributed by atoms with Gasteiger partial charge in [0.25, 0.3) is 0 Å². The van der Waals surface area contributed by atoms with Crippen molar-refractivity contribution in [3.05, 3.63) is 58.7 Å². The number of hydrogen-bond acceptors (Lipinski definition) is 5. The first-order chi connectivity index (χ1) is 10.4. The average molecular weight is 322 g/mol. The number of aliphatic hydroxyl groups excluding tert-OH is 2. The first-order valence-corrected chi connectivity index (χ1v) is 8.13. The Balaban J connectivity index is 2.47. The topological polar surface area (TPSA) is 83.8 Å². The highest BCUT2D eigenvalue weighted by molar-refractivity contribution is 7.87. The quantitative estimate of drug-likeness (QED) is 0.823. The van der Waals surface area contributed by atoms with Crippen LogP contribution in [-0.2, 0) is 23.3 Å². The molecule has 0 atom stereocenters. The molecular weight excluding hydrogens is 304 g/mol. The maximum Gasteiger partial charge on any atom is 0.339 e. The van der Waals surface area contributed by atoms with Gasteiger partial charge in [-0.1, -0.05) is 23.3 Å². The number of aryl methyl sites for hydroxylation is 2. The van der Waals surface area contributed by atoms with Crippen LogP contribution in [0.1, 0.15) is 22.3 Å². The molecule has 6 heteroatoms. The normalized spacial score (nSPS) is 11.5. The predicted molar refractivity (Wildman–Crippen MR) is 82.0 cm³/mol. The second-order valence-electron chi connectivity index (χ2n) is 5.08. The smallest absolute Gasteiger partial charge is 0.339 e. The van der Waals surface area contributed by atoms with Gasteiger partial charge in [-0.05, 0) is 38.1 Å². The number of benzene rings is 2. The van der Waals surface area contributed by atoms with Crippen LogP contribution in [0.25, 0.3) is 0 Å². The van der Waals surface area contributed by atoms with Crippen molar-refractivity contribution in [2.45, 2.75) is 32.0 Å². The maximum atomic E-state index is 12.3. The molecule has 0 aromatic heterocycles. The Kier molecular flexibility index (Phi) is 4.85. The SMILES string of the molecule is Cc1ccc(S(=O)(=O)Oc2c(CO)cc(C)cc2CO)cc1. The molecule has 22 heavy (non-hydrogen) atoms. The summed E-state index contributed by atoms with van der Waals surface area (Å²) < 4.78 is 29.9. The Morgan fingerprint density at radius 3 is 1.86 bits per heavy atom. The van der Waals surface area contributed by atoms with Gasteiger partial charge in [0, 0.05) is 11.1 Å². The van der Waals surface area contributed by atoms with Gasteiger partial charge < -0.3 is 14.4 Å². The molecule has 2 N–H and O–H groups in total. The molecule has 0 aliphatic rings. The molecule has 0 fully saturated rings. The Labute approximate surface area is 129 Å². The van der Waals surface area contributed by atoms with Crippen LogP contribution < -0.4 is 4.18 Å². The number of rotatable bonds is 5. The molecule has 5 nitrogen and oxygen atoms in total. The van der Waals surface area contributed by atoms with Crippen molar-refractivity contribution in [2.75, 3.05) is 0 Å². The standard InChI is InChI=1S/C16H18O5S/c1-11-3-5-15(6-4-11)22(19,20)21-16-13(9-17)7-12(2)8-14(16)10-18/h3-8,17-18H,9-10H2,1-2H3. The lowest BCUT2D eigenvalue weighted by Crippen LogP contribution is -2.13. The molecule has 0 unspecified atom stereocenters. The highest BCUT2D eigenvalue weighted by Gasteiger charge is 2.21. The lowest BCUT2D eigenvalue weighted by molar-refractivity contribution is 0.268. The van der Waals surface area contributed by atoms with E-state index in [9.17, 15) is 18.6 Å². The van der Waals surface area contributed by atoms with Crippen LogP contribution in [-0.4, -0.2) is 18.6 Å². The third-order valence-electron chi connectivity index (χ3n) is 3.23. The van der Waals surface area contributed by atoms with E-state index in [4.69, 9.17) is 4.18 Å². The summed E-state index contributed by atoms with van der Waals surface area (Å²) in [6, 6.07) is 9.50. The predicted octanol–water partition coefficient (Wildman–Crippen LogP) is 2.06. The fourth-order valence-corrected chi connectivity index (χ4v) is 3.13. The molecule has 0 heterocycles. The van der Waals surface area contributed by atoms with Crippen molar-refractivity contribution in [3.63, 3.8) is 0 Å². The summed E-state index contributed by atoms with van der Waals surface area (Å²) >= 11 is 0. The van der Waals surface area contributed by atoms with E-state index in [2.05, 4.69) is 0 Å². The lowest BCUT2D eigenvalue weighted by atomic mass is 10.1. The van der Waals surface area contributed by atoms with Crippen molar-refractivity contribution < 1.29 is 22.8 Å². The second-order valence-corrected chi connectivity index (χ2v) is 6.63. The largest absolute Gasteiger partial charge is 0.392 e. The fourth-order valence-electron chi connectivity index (χ4n) is 2.13. The molecule has 0 saturated carbocycles. The summed E-state index contributed by atoms with van der Waals surface area (Å²) in [6.45, 7) is 2.88. The van der Waals surface area contributed by atoms with Gasteiger partial charge >= 0.3 is 10.1 Å². The lowest BCUT2D eigenvalue weighted by Gasteiger charge is -2.15. The Bertz CT molecular complexity index is 739. The van der Waals surface area contributed by atoms with Gasteiger partial charge in [0.2, 0.25) is 0 Å². The maximum absolute atomic E-state index is 12.3. The minimum atomic E-state index is -4.03. The molecule has 0 radical (unpaired) electrons. The van der Waals surface area contributed by atoms with Crippen molar-refractivity contribution >= 4 is 10.1 Å². The van der Waals surface area contributed by atoms with Gasteiger partial charge in [0.15, 0.2) is 5.75 Å². The molecule has 0 aliphatic carbocycles. The van der Waals surface area contributed by atoms with Crippen LogP contribution in [0, 0.1) is 13.8 Å². The van der Waals surface area contributed by atoms with Gasteiger partial charge in [-0.2, -0.15) is 8.42 Å². The van der Waals surface area contributed by atoms with Crippen molar-refractivity contribution in [1.82, 2.24) is 0 Å². The van der Waals surface area contributed by atoms with Gasteiger partial charge in [0.1, 0.15) is 4.90 Å². The Morgan fingerprint density at radius 2 is 1.41 bits per heavy atom. The molecule has 2 aromatic rings. The minimum Gasteiger partial charge on any atom is -0.392 e. The van der Waals surface area contributed by atoms with Crippen LogP contribution in [0.15, 0.2) is 41.3 Å². The van der Waals surface area contributed by atoms with E-state index in [1.807, 2.05) is 6.92 Å². The summed E-state index contributed by atoms with van der Waals surface area (Å²) in [7, 11) is -4.03. The van der Waals surface area contributed by atoms with Crippen molar-refractivity contribution in [3.8, 4) is 5.75 Å². The molecule has 0 saturated heterocycles. The molecule has 2 aromatic carbocycles.